The van der Waals surface area contributed by atoms with E-state index in [1.807, 2.05) is 0 Å². The third-order valence-corrected chi connectivity index (χ3v) is 9.75. The van der Waals surface area contributed by atoms with Crippen LogP contribution in [0.25, 0.3) is 0 Å². The van der Waals surface area contributed by atoms with Crippen molar-refractivity contribution in [3.8, 4) is 0 Å². The highest BCUT2D eigenvalue weighted by atomic mass is 28.4. The van der Waals surface area contributed by atoms with Crippen molar-refractivity contribution in [2.75, 3.05) is 27.9 Å². The molecule has 0 atom stereocenters. The molecule has 5 nitrogen and oxygen atoms in total. The minimum absolute atomic E-state index is 0.259. The molecule has 0 aliphatic carbocycles. The van der Waals surface area contributed by atoms with Gasteiger partial charge in [0.1, 0.15) is 0 Å². The zero-order chi connectivity index (χ0) is 26.7. The van der Waals surface area contributed by atoms with E-state index in [2.05, 4.69) is 4.74 Å². The van der Waals surface area contributed by atoms with Gasteiger partial charge in [-0.3, -0.25) is 4.79 Å². The van der Waals surface area contributed by atoms with Crippen LogP contribution in [-0.2, 0) is 22.8 Å². The number of rotatable bonds is 28. The van der Waals surface area contributed by atoms with Gasteiger partial charge in [-0.1, -0.05) is 116 Å². The summed E-state index contributed by atoms with van der Waals surface area (Å²) in [6.45, 7) is -0.774. The van der Waals surface area contributed by atoms with E-state index in [4.69, 9.17) is 13.3 Å². The number of carbonyl (C=O) groups is 1. The first kappa shape index (κ1) is 35.4. The molecule has 0 aromatic heterocycles. The van der Waals surface area contributed by atoms with Crippen molar-refractivity contribution in [2.24, 2.45) is 0 Å². The number of carbonyl (C=O) groups excluding carboxylic acids is 1. The Labute approximate surface area is 221 Å². The van der Waals surface area contributed by atoms with Gasteiger partial charge in [-0.2, -0.15) is 0 Å². The van der Waals surface area contributed by atoms with E-state index >= 15 is 0 Å². The molecule has 0 fully saturated rings. The highest BCUT2D eigenvalue weighted by Gasteiger charge is 2.36. The topological polar surface area (TPSA) is 54.0 Å². The third kappa shape index (κ3) is 22.6. The monoisotopic (exact) mass is 538 g/mol. The predicted octanol–water partition coefficient (Wildman–Crippen LogP) is 8.86. The van der Waals surface area contributed by atoms with E-state index in [1.54, 1.807) is 21.3 Å². The Balaban J connectivity index is 3.21. The Hall–Kier alpha value is -0.573. The van der Waals surface area contributed by atoms with Gasteiger partial charge < -0.3 is 18.0 Å². The molecular weight excluding hydrogens is 482 g/mol. The minimum Gasteiger partial charge on any atom is -0.460 e. The van der Waals surface area contributed by atoms with Gasteiger partial charge in [0.25, 0.3) is 6.43 Å². The first-order chi connectivity index (χ1) is 17.5. The molecule has 0 rings (SSSR count). The number of ether oxygens (including phenoxy) is 1. The normalized spacial score (nSPS) is 11.9. The highest BCUT2D eigenvalue weighted by Crippen LogP contribution is 2.19. The Bertz CT molecular complexity index is 471. The molecule has 0 N–H and O–H groups in total. The molecule has 0 aromatic carbocycles. The summed E-state index contributed by atoms with van der Waals surface area (Å²) in [6.07, 6.45) is 22.9. The lowest BCUT2D eigenvalue weighted by molar-refractivity contribution is -0.147. The molecule has 0 aliphatic heterocycles. The summed E-state index contributed by atoms with van der Waals surface area (Å²) >= 11 is 0. The maximum atomic E-state index is 11.9. The van der Waals surface area contributed by atoms with E-state index < -0.39 is 27.8 Å². The first-order valence-electron chi connectivity index (χ1n) is 14.6. The quantitative estimate of drug-likeness (QED) is 0.0565. The summed E-state index contributed by atoms with van der Waals surface area (Å²) < 4.78 is 44.7. The second-order valence-corrected chi connectivity index (χ2v) is 13.0. The molecular formula is C28H56F2O5Si. The Morgan fingerprint density at radius 3 is 1.17 bits per heavy atom. The van der Waals surface area contributed by atoms with Crippen LogP contribution in [0, 0.1) is 0 Å². The molecule has 0 unspecified atom stereocenters. The maximum Gasteiger partial charge on any atom is 0.500 e. The maximum absolute atomic E-state index is 11.9. The molecule has 216 valence electrons. The van der Waals surface area contributed by atoms with Crippen molar-refractivity contribution < 1.29 is 31.6 Å². The average molecular weight is 539 g/mol. The number of halogens is 2. The number of esters is 1. The summed E-state index contributed by atoms with van der Waals surface area (Å²) in [7, 11) is 2.69. The van der Waals surface area contributed by atoms with E-state index in [1.165, 1.54) is 103 Å². The Morgan fingerprint density at radius 1 is 0.556 bits per heavy atom. The van der Waals surface area contributed by atoms with Crippen molar-refractivity contribution >= 4 is 14.8 Å². The van der Waals surface area contributed by atoms with Gasteiger partial charge in [0, 0.05) is 33.8 Å². The number of unbranched alkanes of at least 4 members (excludes halogenated alkanes) is 19. The molecule has 36 heavy (non-hydrogen) atoms. The van der Waals surface area contributed by atoms with Gasteiger partial charge in [-0.05, 0) is 12.8 Å². The van der Waals surface area contributed by atoms with Gasteiger partial charge in [0.2, 0.25) is 0 Å². The lowest BCUT2D eigenvalue weighted by Crippen LogP contribution is -2.42. The summed E-state index contributed by atoms with van der Waals surface area (Å²) in [5.74, 6) is -0.501. The second-order valence-electron chi connectivity index (χ2n) is 9.94. The van der Waals surface area contributed by atoms with Gasteiger partial charge >= 0.3 is 14.8 Å². The molecule has 0 radical (unpaired) electrons. The van der Waals surface area contributed by atoms with E-state index in [0.29, 0.717) is 0 Å². The van der Waals surface area contributed by atoms with Crippen molar-refractivity contribution in [3.63, 3.8) is 0 Å². The lowest BCUT2D eigenvalue weighted by Gasteiger charge is -2.24. The van der Waals surface area contributed by atoms with Crippen LogP contribution in [0.4, 0.5) is 8.78 Å². The number of alkyl halides is 2. The van der Waals surface area contributed by atoms with Crippen molar-refractivity contribution in [1.82, 2.24) is 0 Å². The number of hydrogen-bond acceptors (Lipinski definition) is 5. The molecule has 0 amide bonds. The minimum atomic E-state index is -2.57. The van der Waals surface area contributed by atoms with Crippen LogP contribution in [0.15, 0.2) is 0 Å². The van der Waals surface area contributed by atoms with Crippen LogP contribution < -0.4 is 0 Å². The summed E-state index contributed by atoms with van der Waals surface area (Å²) in [4.78, 5) is 11.2. The van der Waals surface area contributed by atoms with Crippen molar-refractivity contribution in [3.05, 3.63) is 0 Å². The van der Waals surface area contributed by atoms with Crippen LogP contribution in [0.5, 0.6) is 0 Å². The van der Waals surface area contributed by atoms with Crippen LogP contribution in [0.2, 0.25) is 6.04 Å². The largest absolute Gasteiger partial charge is 0.500 e. The summed E-state index contributed by atoms with van der Waals surface area (Å²) in [5, 5.41) is 0. The highest BCUT2D eigenvalue weighted by molar-refractivity contribution is 6.60. The fourth-order valence-electron chi connectivity index (χ4n) is 4.58. The molecule has 0 heterocycles. The fourth-order valence-corrected chi connectivity index (χ4v) is 6.37. The standard InChI is InChI=1S/C28H56F2O5Si/c1-32-36(33-2,34-3)25-23-21-19-17-15-13-11-9-7-5-4-6-8-10-12-14-16-18-20-22-24-28(31)35-26-27(29)30/h27H,4-26H2,1-3H3. The molecule has 0 saturated carbocycles. The van der Waals surface area contributed by atoms with Gasteiger partial charge in [0.05, 0.1) is 0 Å². The zero-order valence-electron chi connectivity index (χ0n) is 23.6. The van der Waals surface area contributed by atoms with Crippen LogP contribution in [-0.4, -0.2) is 49.1 Å². The van der Waals surface area contributed by atoms with Crippen molar-refractivity contribution in [1.29, 1.82) is 0 Å². The first-order valence-corrected chi connectivity index (χ1v) is 16.5. The molecule has 0 bridgehead atoms. The van der Waals surface area contributed by atoms with E-state index in [9.17, 15) is 13.6 Å². The third-order valence-electron chi connectivity index (χ3n) is 6.92. The average Bonchev–Trinajstić information content (AvgIpc) is 2.88. The predicted molar refractivity (Wildman–Crippen MR) is 146 cm³/mol. The fraction of sp³-hybridized carbons (Fsp3) is 0.964. The molecule has 8 heteroatoms. The summed E-state index contributed by atoms with van der Waals surface area (Å²) in [6, 6.07) is 0.910. The van der Waals surface area contributed by atoms with Gasteiger partial charge in [0.15, 0.2) is 6.61 Å². The smallest absolute Gasteiger partial charge is 0.460 e. The van der Waals surface area contributed by atoms with Gasteiger partial charge in [-0.15, -0.1) is 0 Å². The van der Waals surface area contributed by atoms with Gasteiger partial charge in [-0.25, -0.2) is 8.78 Å². The zero-order valence-corrected chi connectivity index (χ0v) is 24.6. The Morgan fingerprint density at radius 2 is 0.861 bits per heavy atom. The molecule has 0 aromatic rings. The molecule has 0 saturated heterocycles. The van der Waals surface area contributed by atoms with Crippen LogP contribution >= 0.6 is 0 Å². The van der Waals surface area contributed by atoms with Crippen LogP contribution in [0.3, 0.4) is 0 Å². The summed E-state index contributed by atoms with van der Waals surface area (Å²) in [5.41, 5.74) is 0. The van der Waals surface area contributed by atoms with Crippen molar-refractivity contribution in [2.45, 2.75) is 147 Å². The SMILES string of the molecule is CO[Si](CCCCCCCCCCCCCCCCCCCCCCC(=O)OCC(F)F)(OC)OC. The molecule has 0 spiro atoms. The lowest BCUT2D eigenvalue weighted by atomic mass is 10.0. The molecule has 0 aliphatic rings. The van der Waals surface area contributed by atoms with E-state index in [-0.39, 0.29) is 6.42 Å². The van der Waals surface area contributed by atoms with E-state index in [0.717, 1.165) is 31.7 Å². The number of hydrogen-bond donors (Lipinski definition) is 0. The Kier molecular flexibility index (Phi) is 25.6. The van der Waals surface area contributed by atoms with Crippen LogP contribution in [0.1, 0.15) is 135 Å². The second kappa shape index (κ2) is 26.1.